The number of nitrogens with one attached hydrogen (secondary N) is 2. The van der Waals surface area contributed by atoms with Crippen molar-refractivity contribution in [2.45, 2.75) is 6.42 Å². The van der Waals surface area contributed by atoms with Crippen molar-refractivity contribution < 1.29 is 9.59 Å². The molecule has 0 fully saturated rings. The first-order valence-electron chi connectivity index (χ1n) is 5.86. The standard InChI is InChI=1S/C13H14N2O2S2/c16-12(9-10-3-1-7-18-10)14-5-6-15-13(17)11-4-2-8-19-11/h1-4,7-8H,5-6,9H2,(H,14,16)(H,15,17). The van der Waals surface area contributed by atoms with Crippen LogP contribution in [0.3, 0.4) is 0 Å². The van der Waals surface area contributed by atoms with Crippen LogP contribution >= 0.6 is 22.7 Å². The van der Waals surface area contributed by atoms with Gasteiger partial charge in [-0.05, 0) is 22.9 Å². The van der Waals surface area contributed by atoms with Gasteiger partial charge in [0, 0.05) is 18.0 Å². The first kappa shape index (κ1) is 13.8. The van der Waals surface area contributed by atoms with Gasteiger partial charge in [0.1, 0.15) is 0 Å². The van der Waals surface area contributed by atoms with Crippen LogP contribution in [0.1, 0.15) is 14.5 Å². The van der Waals surface area contributed by atoms with Crippen molar-refractivity contribution >= 4 is 34.5 Å². The van der Waals surface area contributed by atoms with E-state index in [1.54, 1.807) is 17.4 Å². The summed E-state index contributed by atoms with van der Waals surface area (Å²) in [6.45, 7) is 0.883. The SMILES string of the molecule is O=C(Cc1cccs1)NCCNC(=O)c1cccs1. The highest BCUT2D eigenvalue weighted by molar-refractivity contribution is 7.12. The zero-order valence-electron chi connectivity index (χ0n) is 10.2. The average molecular weight is 294 g/mol. The lowest BCUT2D eigenvalue weighted by Crippen LogP contribution is -2.35. The highest BCUT2D eigenvalue weighted by Gasteiger charge is 2.06. The van der Waals surface area contributed by atoms with Gasteiger partial charge in [0.2, 0.25) is 5.91 Å². The van der Waals surface area contributed by atoms with E-state index in [4.69, 9.17) is 0 Å². The topological polar surface area (TPSA) is 58.2 Å². The fourth-order valence-corrected chi connectivity index (χ4v) is 2.85. The molecule has 0 radical (unpaired) electrons. The molecule has 0 unspecified atom stereocenters. The Kier molecular flexibility index (Phi) is 5.11. The van der Waals surface area contributed by atoms with Crippen LogP contribution in [0.2, 0.25) is 0 Å². The molecule has 0 aliphatic carbocycles. The maximum atomic E-state index is 11.6. The monoisotopic (exact) mass is 294 g/mol. The van der Waals surface area contributed by atoms with Gasteiger partial charge in [-0.1, -0.05) is 12.1 Å². The number of hydrogen-bond acceptors (Lipinski definition) is 4. The first-order chi connectivity index (χ1) is 9.25. The molecule has 0 aromatic carbocycles. The van der Waals surface area contributed by atoms with Crippen LogP contribution in [-0.2, 0) is 11.2 Å². The molecule has 2 heterocycles. The average Bonchev–Trinajstić information content (AvgIpc) is 3.06. The van der Waals surface area contributed by atoms with Crippen LogP contribution in [0.25, 0.3) is 0 Å². The van der Waals surface area contributed by atoms with Gasteiger partial charge in [-0.2, -0.15) is 0 Å². The van der Waals surface area contributed by atoms with Crippen LogP contribution in [0, 0.1) is 0 Å². The minimum absolute atomic E-state index is 0.0205. The van der Waals surface area contributed by atoms with Gasteiger partial charge in [0.05, 0.1) is 11.3 Å². The van der Waals surface area contributed by atoms with Crippen LogP contribution in [0.4, 0.5) is 0 Å². The summed E-state index contributed by atoms with van der Waals surface area (Å²) in [5.74, 6) is -0.115. The summed E-state index contributed by atoms with van der Waals surface area (Å²) >= 11 is 2.96. The molecule has 2 aromatic rings. The van der Waals surface area contributed by atoms with Crippen molar-refractivity contribution in [2.24, 2.45) is 0 Å². The van der Waals surface area contributed by atoms with E-state index >= 15 is 0 Å². The van der Waals surface area contributed by atoms with Crippen LogP contribution < -0.4 is 10.6 Å². The molecule has 0 aliphatic rings. The Morgan fingerprint density at radius 1 is 1.00 bits per heavy atom. The second-order valence-corrected chi connectivity index (χ2v) is 5.82. The second-order valence-electron chi connectivity index (χ2n) is 3.84. The van der Waals surface area contributed by atoms with Crippen molar-refractivity contribution in [1.29, 1.82) is 0 Å². The quantitative estimate of drug-likeness (QED) is 0.799. The Morgan fingerprint density at radius 3 is 2.42 bits per heavy atom. The Morgan fingerprint density at radius 2 is 1.74 bits per heavy atom. The van der Waals surface area contributed by atoms with Crippen molar-refractivity contribution in [3.05, 3.63) is 44.8 Å². The Bertz CT molecular complexity index is 521. The highest BCUT2D eigenvalue weighted by Crippen LogP contribution is 2.08. The van der Waals surface area contributed by atoms with Gasteiger partial charge in [0.25, 0.3) is 5.91 Å². The molecule has 2 rings (SSSR count). The molecule has 2 aromatic heterocycles. The van der Waals surface area contributed by atoms with Gasteiger partial charge in [-0.25, -0.2) is 0 Å². The molecule has 0 saturated heterocycles. The summed E-state index contributed by atoms with van der Waals surface area (Å²) in [6.07, 6.45) is 0.399. The van der Waals surface area contributed by atoms with E-state index in [-0.39, 0.29) is 11.8 Å². The van der Waals surface area contributed by atoms with E-state index in [2.05, 4.69) is 10.6 Å². The van der Waals surface area contributed by atoms with Crippen molar-refractivity contribution in [3.63, 3.8) is 0 Å². The van der Waals surface area contributed by atoms with Crippen molar-refractivity contribution in [2.75, 3.05) is 13.1 Å². The summed E-state index contributed by atoms with van der Waals surface area (Å²) in [4.78, 5) is 24.9. The first-order valence-corrected chi connectivity index (χ1v) is 7.62. The van der Waals surface area contributed by atoms with Gasteiger partial charge in [0.15, 0.2) is 0 Å². The maximum Gasteiger partial charge on any atom is 0.261 e. The van der Waals surface area contributed by atoms with E-state index in [1.165, 1.54) is 11.3 Å². The fourth-order valence-electron chi connectivity index (χ4n) is 1.51. The maximum absolute atomic E-state index is 11.6. The third-order valence-corrected chi connectivity index (χ3v) is 4.14. The Labute approximate surface area is 119 Å². The number of amides is 2. The lowest BCUT2D eigenvalue weighted by molar-refractivity contribution is -0.120. The van der Waals surface area contributed by atoms with Gasteiger partial charge in [-0.3, -0.25) is 9.59 Å². The van der Waals surface area contributed by atoms with Crippen LogP contribution in [0.15, 0.2) is 35.0 Å². The fraction of sp³-hybridized carbons (Fsp3) is 0.231. The van der Waals surface area contributed by atoms with Crippen LogP contribution in [-0.4, -0.2) is 24.9 Å². The molecular formula is C13H14N2O2S2. The third-order valence-electron chi connectivity index (χ3n) is 2.39. The second kappa shape index (κ2) is 7.06. The third kappa shape index (κ3) is 4.50. The number of hydrogen-bond donors (Lipinski definition) is 2. The minimum atomic E-state index is -0.0949. The Hall–Kier alpha value is -1.66. The predicted molar refractivity (Wildman–Crippen MR) is 77.7 cm³/mol. The molecule has 19 heavy (non-hydrogen) atoms. The summed E-state index contributed by atoms with van der Waals surface area (Å²) in [7, 11) is 0. The van der Waals surface area contributed by atoms with E-state index in [0.717, 1.165) is 4.88 Å². The van der Waals surface area contributed by atoms with E-state index in [0.29, 0.717) is 24.4 Å². The minimum Gasteiger partial charge on any atom is -0.354 e. The molecular weight excluding hydrogens is 280 g/mol. The molecule has 100 valence electrons. The van der Waals surface area contributed by atoms with Crippen LogP contribution in [0.5, 0.6) is 0 Å². The number of rotatable bonds is 6. The zero-order chi connectivity index (χ0) is 13.5. The van der Waals surface area contributed by atoms with Gasteiger partial charge < -0.3 is 10.6 Å². The molecule has 2 N–H and O–H groups in total. The zero-order valence-corrected chi connectivity index (χ0v) is 11.9. The van der Waals surface area contributed by atoms with Crippen molar-refractivity contribution in [1.82, 2.24) is 10.6 Å². The molecule has 0 atom stereocenters. The summed E-state index contributed by atoms with van der Waals surface area (Å²) in [6, 6.07) is 7.47. The molecule has 2 amide bonds. The molecule has 0 bridgehead atoms. The van der Waals surface area contributed by atoms with Crippen molar-refractivity contribution in [3.8, 4) is 0 Å². The summed E-state index contributed by atoms with van der Waals surface area (Å²) in [5, 5.41) is 9.34. The molecule has 0 spiro atoms. The molecule has 0 aliphatic heterocycles. The lowest BCUT2D eigenvalue weighted by Gasteiger charge is -2.05. The van der Waals surface area contributed by atoms with E-state index in [9.17, 15) is 9.59 Å². The molecule has 6 heteroatoms. The number of thiophene rings is 2. The lowest BCUT2D eigenvalue weighted by atomic mass is 10.3. The highest BCUT2D eigenvalue weighted by atomic mass is 32.1. The smallest absolute Gasteiger partial charge is 0.261 e. The predicted octanol–water partition coefficient (Wildman–Crippen LogP) is 1.90. The normalized spacial score (nSPS) is 10.1. The van der Waals surface area contributed by atoms with Gasteiger partial charge >= 0.3 is 0 Å². The summed E-state index contributed by atoms with van der Waals surface area (Å²) < 4.78 is 0. The van der Waals surface area contributed by atoms with Gasteiger partial charge in [-0.15, -0.1) is 22.7 Å². The van der Waals surface area contributed by atoms with E-state index < -0.39 is 0 Å². The largest absolute Gasteiger partial charge is 0.354 e. The number of carbonyl (C=O) groups excluding carboxylic acids is 2. The summed E-state index contributed by atoms with van der Waals surface area (Å²) in [5.41, 5.74) is 0. The Balaban J connectivity index is 1.61. The van der Waals surface area contributed by atoms with E-state index in [1.807, 2.05) is 29.0 Å². The molecule has 0 saturated carbocycles. The number of carbonyl (C=O) groups is 2. The molecule has 4 nitrogen and oxygen atoms in total.